The molecule has 3 heterocycles. The lowest BCUT2D eigenvalue weighted by molar-refractivity contribution is 0.669. The monoisotopic (exact) mass is 564 g/mol. The standard InChI is InChI=1S/C39H24N4O/c1-3-11-25(12-4-1)37-40-38(42-39(41-37)27-20-22-36-32(24-27)30-16-8-10-18-35(30)44-36)26-19-21-34-31(23-26)29-15-7-9-17-33(29)43(34)28-13-5-2-6-14-28/h1-24H. The van der Waals surface area contributed by atoms with Gasteiger partial charge in [-0.15, -0.1) is 0 Å². The van der Waals surface area contributed by atoms with Gasteiger partial charge in [-0.05, 0) is 60.7 Å². The van der Waals surface area contributed by atoms with Crippen LogP contribution in [-0.2, 0) is 0 Å². The largest absolute Gasteiger partial charge is 0.456 e. The van der Waals surface area contributed by atoms with Gasteiger partial charge in [0.2, 0.25) is 0 Å². The van der Waals surface area contributed by atoms with Crippen LogP contribution in [0.5, 0.6) is 0 Å². The van der Waals surface area contributed by atoms with Crippen LogP contribution in [-0.4, -0.2) is 19.5 Å². The average Bonchev–Trinajstić information content (AvgIpc) is 3.64. The molecular formula is C39H24N4O. The first kappa shape index (κ1) is 24.5. The van der Waals surface area contributed by atoms with Gasteiger partial charge in [0.15, 0.2) is 17.5 Å². The van der Waals surface area contributed by atoms with Crippen molar-refractivity contribution in [3.63, 3.8) is 0 Å². The molecule has 0 amide bonds. The molecule has 44 heavy (non-hydrogen) atoms. The van der Waals surface area contributed by atoms with Crippen molar-refractivity contribution in [2.24, 2.45) is 0 Å². The van der Waals surface area contributed by atoms with Crippen molar-refractivity contribution < 1.29 is 4.42 Å². The summed E-state index contributed by atoms with van der Waals surface area (Å²) in [6, 6.07) is 49.8. The molecular weight excluding hydrogens is 540 g/mol. The Balaban J connectivity index is 1.26. The highest BCUT2D eigenvalue weighted by atomic mass is 16.3. The summed E-state index contributed by atoms with van der Waals surface area (Å²) in [5, 5.41) is 4.44. The summed E-state index contributed by atoms with van der Waals surface area (Å²) in [5.74, 6) is 1.88. The third-order valence-corrected chi connectivity index (χ3v) is 8.25. The van der Waals surface area contributed by atoms with Crippen LogP contribution in [0.15, 0.2) is 150 Å². The molecule has 0 N–H and O–H groups in total. The first-order chi connectivity index (χ1) is 21.8. The minimum atomic E-state index is 0.618. The van der Waals surface area contributed by atoms with Crippen molar-refractivity contribution in [3.05, 3.63) is 146 Å². The molecule has 0 saturated carbocycles. The number of aromatic nitrogens is 4. The van der Waals surface area contributed by atoms with Gasteiger partial charge in [-0.3, -0.25) is 0 Å². The fourth-order valence-electron chi connectivity index (χ4n) is 6.18. The first-order valence-electron chi connectivity index (χ1n) is 14.6. The van der Waals surface area contributed by atoms with Gasteiger partial charge in [-0.25, -0.2) is 15.0 Å². The molecule has 0 fully saturated rings. The molecule has 0 spiro atoms. The molecule has 0 radical (unpaired) electrons. The Hall–Kier alpha value is -6.07. The van der Waals surface area contributed by atoms with E-state index in [2.05, 4.69) is 83.4 Å². The third-order valence-electron chi connectivity index (χ3n) is 8.25. The van der Waals surface area contributed by atoms with E-state index in [0.29, 0.717) is 17.5 Å². The maximum absolute atomic E-state index is 6.08. The van der Waals surface area contributed by atoms with Crippen molar-refractivity contribution in [3.8, 4) is 39.9 Å². The number of furan rings is 1. The van der Waals surface area contributed by atoms with Crippen LogP contribution < -0.4 is 0 Å². The zero-order chi connectivity index (χ0) is 29.0. The molecule has 0 atom stereocenters. The maximum Gasteiger partial charge on any atom is 0.164 e. The zero-order valence-corrected chi connectivity index (χ0v) is 23.6. The van der Waals surface area contributed by atoms with Crippen molar-refractivity contribution >= 4 is 43.7 Å². The molecule has 9 rings (SSSR count). The molecule has 0 aliphatic rings. The minimum Gasteiger partial charge on any atom is -0.456 e. The summed E-state index contributed by atoms with van der Waals surface area (Å²) in [4.78, 5) is 15.0. The quantitative estimate of drug-likeness (QED) is 0.213. The Labute approximate surface area is 252 Å². The summed E-state index contributed by atoms with van der Waals surface area (Å²) >= 11 is 0. The van der Waals surface area contributed by atoms with Gasteiger partial charge in [0, 0.05) is 43.9 Å². The molecule has 0 saturated heterocycles. The fraction of sp³-hybridized carbons (Fsp3) is 0. The molecule has 5 heteroatoms. The van der Waals surface area contributed by atoms with E-state index in [-0.39, 0.29) is 0 Å². The van der Waals surface area contributed by atoms with E-state index < -0.39 is 0 Å². The van der Waals surface area contributed by atoms with Crippen molar-refractivity contribution in [1.82, 2.24) is 19.5 Å². The molecule has 3 aromatic heterocycles. The molecule has 6 aromatic carbocycles. The van der Waals surface area contributed by atoms with Crippen molar-refractivity contribution in [2.45, 2.75) is 0 Å². The van der Waals surface area contributed by atoms with Crippen LogP contribution in [0, 0.1) is 0 Å². The van der Waals surface area contributed by atoms with E-state index in [9.17, 15) is 0 Å². The lowest BCUT2D eigenvalue weighted by Crippen LogP contribution is -2.00. The van der Waals surface area contributed by atoms with Crippen molar-refractivity contribution in [1.29, 1.82) is 0 Å². The Morgan fingerprint density at radius 3 is 1.70 bits per heavy atom. The van der Waals surface area contributed by atoms with Gasteiger partial charge in [-0.1, -0.05) is 84.9 Å². The maximum atomic E-state index is 6.08. The Kier molecular flexibility index (Phi) is 5.43. The van der Waals surface area contributed by atoms with E-state index in [0.717, 1.165) is 60.7 Å². The Morgan fingerprint density at radius 1 is 0.386 bits per heavy atom. The van der Waals surface area contributed by atoms with E-state index >= 15 is 0 Å². The lowest BCUT2D eigenvalue weighted by atomic mass is 10.1. The van der Waals surface area contributed by atoms with E-state index in [1.165, 1.54) is 5.39 Å². The number of nitrogens with zero attached hydrogens (tertiary/aromatic N) is 4. The predicted molar refractivity (Wildman–Crippen MR) is 178 cm³/mol. The highest BCUT2D eigenvalue weighted by Crippen LogP contribution is 2.36. The van der Waals surface area contributed by atoms with Gasteiger partial charge in [0.05, 0.1) is 11.0 Å². The molecule has 0 unspecified atom stereocenters. The summed E-state index contributed by atoms with van der Waals surface area (Å²) in [6.07, 6.45) is 0. The van der Waals surface area contributed by atoms with Crippen LogP contribution in [0.4, 0.5) is 0 Å². The molecule has 0 aliphatic heterocycles. The second-order valence-electron chi connectivity index (χ2n) is 10.9. The first-order valence-corrected chi connectivity index (χ1v) is 14.6. The summed E-state index contributed by atoms with van der Waals surface area (Å²) in [6.45, 7) is 0. The van der Waals surface area contributed by atoms with E-state index in [1.54, 1.807) is 0 Å². The Morgan fingerprint density at radius 2 is 0.932 bits per heavy atom. The van der Waals surface area contributed by atoms with Crippen LogP contribution in [0.2, 0.25) is 0 Å². The number of hydrogen-bond donors (Lipinski definition) is 0. The average molecular weight is 565 g/mol. The minimum absolute atomic E-state index is 0.618. The van der Waals surface area contributed by atoms with Crippen molar-refractivity contribution in [2.75, 3.05) is 0 Å². The molecule has 0 aliphatic carbocycles. The topological polar surface area (TPSA) is 56.7 Å². The summed E-state index contributed by atoms with van der Waals surface area (Å²) in [7, 11) is 0. The summed E-state index contributed by atoms with van der Waals surface area (Å²) < 4.78 is 8.40. The number of hydrogen-bond acceptors (Lipinski definition) is 4. The van der Waals surface area contributed by atoms with E-state index in [1.807, 2.05) is 66.7 Å². The van der Waals surface area contributed by atoms with Gasteiger partial charge in [0.1, 0.15) is 11.2 Å². The number of fused-ring (bicyclic) bond motifs is 6. The number of para-hydroxylation sites is 3. The normalized spacial score (nSPS) is 11.6. The third kappa shape index (κ3) is 3.91. The van der Waals surface area contributed by atoms with Crippen LogP contribution in [0.3, 0.4) is 0 Å². The van der Waals surface area contributed by atoms with Crippen LogP contribution >= 0.6 is 0 Å². The second-order valence-corrected chi connectivity index (χ2v) is 10.9. The highest BCUT2D eigenvalue weighted by Gasteiger charge is 2.17. The van der Waals surface area contributed by atoms with Crippen LogP contribution in [0.25, 0.3) is 83.6 Å². The fourth-order valence-corrected chi connectivity index (χ4v) is 6.18. The SMILES string of the molecule is c1ccc(-c2nc(-c3ccc4oc5ccccc5c4c3)nc(-c3ccc4c(c3)c3ccccc3n4-c3ccccc3)n2)cc1. The van der Waals surface area contributed by atoms with Gasteiger partial charge < -0.3 is 8.98 Å². The second kappa shape index (κ2) is 9.75. The zero-order valence-electron chi connectivity index (χ0n) is 23.6. The van der Waals surface area contributed by atoms with Crippen LogP contribution in [0.1, 0.15) is 0 Å². The van der Waals surface area contributed by atoms with Gasteiger partial charge in [-0.2, -0.15) is 0 Å². The lowest BCUT2D eigenvalue weighted by Gasteiger charge is -2.10. The summed E-state index contributed by atoms with van der Waals surface area (Å²) in [5.41, 5.74) is 7.91. The molecule has 9 aromatic rings. The highest BCUT2D eigenvalue weighted by molar-refractivity contribution is 6.10. The Bertz CT molecular complexity index is 2490. The molecule has 5 nitrogen and oxygen atoms in total. The van der Waals surface area contributed by atoms with Gasteiger partial charge in [0.25, 0.3) is 0 Å². The molecule has 206 valence electrons. The predicted octanol–water partition coefficient (Wildman–Crippen LogP) is 9.87. The number of benzene rings is 6. The number of rotatable bonds is 4. The smallest absolute Gasteiger partial charge is 0.164 e. The van der Waals surface area contributed by atoms with E-state index in [4.69, 9.17) is 19.4 Å². The van der Waals surface area contributed by atoms with Gasteiger partial charge >= 0.3 is 0 Å². The molecule has 0 bridgehead atoms.